The molecule has 1 saturated heterocycles. The molecule has 1 atom stereocenters. The van der Waals surface area contributed by atoms with Crippen LogP contribution in [-0.4, -0.2) is 38.0 Å². The third kappa shape index (κ3) is 3.60. The lowest BCUT2D eigenvalue weighted by Crippen LogP contribution is -2.31. The van der Waals surface area contributed by atoms with Crippen LogP contribution in [0.4, 0.5) is 5.69 Å². The molecule has 0 aromatic heterocycles. The van der Waals surface area contributed by atoms with Gasteiger partial charge in [-0.2, -0.15) is 0 Å². The summed E-state index contributed by atoms with van der Waals surface area (Å²) < 4.78 is 10.7. The standard InChI is InChI=1S/C20H20N2O4S/c1-27-18-5-3-2-4-15(18)20(24)21-10-13-8-19(23)22(11-13)14-6-7-16-17(9-14)26-12-25-16/h2-7,9,13H,8,10-12H2,1H3,(H,21,24). The lowest BCUT2D eigenvalue weighted by molar-refractivity contribution is -0.117. The molecule has 0 spiro atoms. The maximum Gasteiger partial charge on any atom is 0.252 e. The molecule has 2 aromatic rings. The third-order valence-corrected chi connectivity index (χ3v) is 5.57. The van der Waals surface area contributed by atoms with E-state index in [0.717, 1.165) is 10.6 Å². The Balaban J connectivity index is 1.39. The van der Waals surface area contributed by atoms with Crippen molar-refractivity contribution in [2.24, 2.45) is 5.92 Å². The van der Waals surface area contributed by atoms with Crippen LogP contribution < -0.4 is 19.7 Å². The molecular formula is C20H20N2O4S. The Kier molecular flexibility index (Phi) is 4.94. The lowest BCUT2D eigenvalue weighted by Gasteiger charge is -2.17. The van der Waals surface area contributed by atoms with Gasteiger partial charge in [-0.05, 0) is 30.5 Å². The minimum atomic E-state index is -0.103. The zero-order valence-electron chi connectivity index (χ0n) is 14.9. The Morgan fingerprint density at radius 1 is 1.22 bits per heavy atom. The van der Waals surface area contributed by atoms with Crippen LogP contribution >= 0.6 is 11.8 Å². The molecule has 0 aliphatic carbocycles. The van der Waals surface area contributed by atoms with Gasteiger partial charge in [0.1, 0.15) is 0 Å². The van der Waals surface area contributed by atoms with Crippen molar-refractivity contribution in [1.82, 2.24) is 5.32 Å². The molecule has 140 valence electrons. The van der Waals surface area contributed by atoms with Crippen LogP contribution in [0.3, 0.4) is 0 Å². The summed E-state index contributed by atoms with van der Waals surface area (Å²) in [5.74, 6) is 1.38. The summed E-state index contributed by atoms with van der Waals surface area (Å²) in [5.41, 5.74) is 1.47. The van der Waals surface area contributed by atoms with E-state index >= 15 is 0 Å². The second-order valence-corrected chi connectivity index (χ2v) is 7.37. The average Bonchev–Trinajstić information content (AvgIpc) is 3.31. The number of amides is 2. The molecular weight excluding hydrogens is 364 g/mol. The molecule has 2 aromatic carbocycles. The first-order chi connectivity index (χ1) is 13.2. The van der Waals surface area contributed by atoms with Gasteiger partial charge < -0.3 is 19.7 Å². The van der Waals surface area contributed by atoms with E-state index in [1.54, 1.807) is 16.7 Å². The molecule has 0 saturated carbocycles. The van der Waals surface area contributed by atoms with Crippen LogP contribution in [0.1, 0.15) is 16.8 Å². The number of thioether (sulfide) groups is 1. The minimum absolute atomic E-state index is 0.0534. The summed E-state index contributed by atoms with van der Waals surface area (Å²) in [7, 11) is 0. The second-order valence-electron chi connectivity index (χ2n) is 6.52. The van der Waals surface area contributed by atoms with Crippen molar-refractivity contribution in [2.45, 2.75) is 11.3 Å². The van der Waals surface area contributed by atoms with Crippen LogP contribution in [-0.2, 0) is 4.79 Å². The summed E-state index contributed by atoms with van der Waals surface area (Å²) >= 11 is 1.54. The first kappa shape index (κ1) is 17.7. The highest BCUT2D eigenvalue weighted by Gasteiger charge is 2.31. The average molecular weight is 384 g/mol. The smallest absolute Gasteiger partial charge is 0.252 e. The van der Waals surface area contributed by atoms with Crippen LogP contribution in [0.15, 0.2) is 47.4 Å². The van der Waals surface area contributed by atoms with Gasteiger partial charge in [0, 0.05) is 42.1 Å². The zero-order chi connectivity index (χ0) is 18.8. The van der Waals surface area contributed by atoms with E-state index in [1.165, 1.54) is 0 Å². The molecule has 2 amide bonds. The van der Waals surface area contributed by atoms with Crippen LogP contribution in [0, 0.1) is 5.92 Å². The number of nitrogens with zero attached hydrogens (tertiary/aromatic N) is 1. The molecule has 0 radical (unpaired) electrons. The third-order valence-electron chi connectivity index (χ3n) is 4.78. The van der Waals surface area contributed by atoms with Gasteiger partial charge in [-0.3, -0.25) is 9.59 Å². The SMILES string of the molecule is CSc1ccccc1C(=O)NCC1CC(=O)N(c2ccc3c(c2)OCO3)C1. The fourth-order valence-corrected chi connectivity index (χ4v) is 3.98. The summed E-state index contributed by atoms with van der Waals surface area (Å²) in [6, 6.07) is 13.0. The second kappa shape index (κ2) is 7.52. The van der Waals surface area contributed by atoms with E-state index in [0.29, 0.717) is 36.6 Å². The molecule has 4 rings (SSSR count). The van der Waals surface area contributed by atoms with Crippen molar-refractivity contribution in [2.75, 3.05) is 31.0 Å². The van der Waals surface area contributed by atoms with Crippen molar-refractivity contribution in [3.63, 3.8) is 0 Å². The number of benzene rings is 2. The Morgan fingerprint density at radius 3 is 2.89 bits per heavy atom. The fourth-order valence-electron chi connectivity index (χ4n) is 3.39. The maximum absolute atomic E-state index is 12.5. The minimum Gasteiger partial charge on any atom is -0.454 e. The number of hydrogen-bond donors (Lipinski definition) is 1. The van der Waals surface area contributed by atoms with Crippen molar-refractivity contribution in [3.05, 3.63) is 48.0 Å². The molecule has 1 fully saturated rings. The normalized spacial score (nSPS) is 18.0. The van der Waals surface area contributed by atoms with E-state index in [2.05, 4.69) is 5.32 Å². The Morgan fingerprint density at radius 2 is 2.04 bits per heavy atom. The van der Waals surface area contributed by atoms with Gasteiger partial charge in [-0.1, -0.05) is 12.1 Å². The molecule has 1 N–H and O–H groups in total. The molecule has 6 nitrogen and oxygen atoms in total. The van der Waals surface area contributed by atoms with Gasteiger partial charge in [0.15, 0.2) is 11.5 Å². The van der Waals surface area contributed by atoms with Crippen molar-refractivity contribution < 1.29 is 19.1 Å². The number of fused-ring (bicyclic) bond motifs is 1. The summed E-state index contributed by atoms with van der Waals surface area (Å²) in [5, 5.41) is 2.97. The number of rotatable bonds is 5. The van der Waals surface area contributed by atoms with Gasteiger partial charge in [-0.25, -0.2) is 0 Å². The summed E-state index contributed by atoms with van der Waals surface area (Å²) in [4.78, 5) is 27.6. The van der Waals surface area contributed by atoms with E-state index in [-0.39, 0.29) is 24.5 Å². The summed E-state index contributed by atoms with van der Waals surface area (Å²) in [6.07, 6.45) is 2.36. The largest absolute Gasteiger partial charge is 0.454 e. The Labute approximate surface area is 161 Å². The van der Waals surface area contributed by atoms with Crippen LogP contribution in [0.2, 0.25) is 0 Å². The van der Waals surface area contributed by atoms with E-state index in [1.807, 2.05) is 48.7 Å². The van der Waals surface area contributed by atoms with Gasteiger partial charge in [0.2, 0.25) is 12.7 Å². The van der Waals surface area contributed by atoms with Gasteiger partial charge in [0.05, 0.1) is 5.56 Å². The maximum atomic E-state index is 12.5. The van der Waals surface area contributed by atoms with Crippen molar-refractivity contribution in [3.8, 4) is 11.5 Å². The molecule has 27 heavy (non-hydrogen) atoms. The molecule has 7 heteroatoms. The molecule has 2 aliphatic heterocycles. The molecule has 2 heterocycles. The van der Waals surface area contributed by atoms with Gasteiger partial charge in [-0.15, -0.1) is 11.8 Å². The predicted octanol–water partition coefficient (Wildman–Crippen LogP) is 2.92. The van der Waals surface area contributed by atoms with Gasteiger partial charge >= 0.3 is 0 Å². The Hall–Kier alpha value is -2.67. The molecule has 0 bridgehead atoms. The first-order valence-corrected chi connectivity index (χ1v) is 9.99. The van der Waals surface area contributed by atoms with Crippen LogP contribution in [0.25, 0.3) is 0 Å². The number of anilines is 1. The van der Waals surface area contributed by atoms with Crippen molar-refractivity contribution >= 4 is 29.3 Å². The topological polar surface area (TPSA) is 67.9 Å². The number of ether oxygens (including phenoxy) is 2. The number of carbonyl (C=O) groups excluding carboxylic acids is 2. The van der Waals surface area contributed by atoms with Gasteiger partial charge in [0.25, 0.3) is 5.91 Å². The molecule has 1 unspecified atom stereocenters. The van der Waals surface area contributed by atoms with E-state index in [4.69, 9.17) is 9.47 Å². The molecule has 2 aliphatic rings. The summed E-state index contributed by atoms with van der Waals surface area (Å²) in [6.45, 7) is 1.25. The first-order valence-electron chi connectivity index (χ1n) is 8.77. The van der Waals surface area contributed by atoms with Crippen LogP contribution in [0.5, 0.6) is 11.5 Å². The van der Waals surface area contributed by atoms with Crippen molar-refractivity contribution in [1.29, 1.82) is 0 Å². The quantitative estimate of drug-likeness (QED) is 0.803. The number of carbonyl (C=O) groups is 2. The predicted molar refractivity (Wildman–Crippen MR) is 104 cm³/mol. The van der Waals surface area contributed by atoms with E-state index in [9.17, 15) is 9.59 Å². The lowest BCUT2D eigenvalue weighted by atomic mass is 10.1. The highest BCUT2D eigenvalue weighted by molar-refractivity contribution is 7.98. The monoisotopic (exact) mass is 384 g/mol. The fraction of sp³-hybridized carbons (Fsp3) is 0.300. The number of hydrogen-bond acceptors (Lipinski definition) is 5. The highest BCUT2D eigenvalue weighted by atomic mass is 32.2. The van der Waals surface area contributed by atoms with E-state index < -0.39 is 0 Å². The Bertz CT molecular complexity index is 886. The zero-order valence-corrected chi connectivity index (χ0v) is 15.8. The number of nitrogens with one attached hydrogen (secondary N) is 1. The highest BCUT2D eigenvalue weighted by Crippen LogP contribution is 2.37.